The summed E-state index contributed by atoms with van der Waals surface area (Å²) >= 11 is 4.64. The highest BCUT2D eigenvalue weighted by molar-refractivity contribution is 9.10. The van der Waals surface area contributed by atoms with Gasteiger partial charge in [-0.15, -0.1) is 11.3 Å². The van der Waals surface area contributed by atoms with Crippen molar-refractivity contribution in [3.05, 3.63) is 74.8 Å². The number of nitrogens with one attached hydrogen (secondary N) is 2. The standard InChI is InChI=1S/C27H25BrF3N3O2S/c28-19-8-4-6-17(14-19)25(36)33-21(20-9-1-2-12-32-20)23(35)22-24(37-26(34-22)15-10-11-15)16-5-3-7-18(13-16)27(29,30)31/h3-8,13-15,20-21,32H,1-2,9-12H2,(H,33,36)/t20?,21-/m0/s1. The fourth-order valence-electron chi connectivity index (χ4n) is 4.55. The van der Waals surface area contributed by atoms with Crippen molar-refractivity contribution < 1.29 is 22.8 Å². The molecule has 0 bridgehead atoms. The van der Waals surface area contributed by atoms with Crippen molar-refractivity contribution in [1.29, 1.82) is 0 Å². The van der Waals surface area contributed by atoms with Crippen LogP contribution in [0.1, 0.15) is 69.4 Å². The Balaban J connectivity index is 1.53. The molecular weight excluding hydrogens is 567 g/mol. The van der Waals surface area contributed by atoms with Crippen molar-refractivity contribution in [2.45, 2.75) is 56.3 Å². The summed E-state index contributed by atoms with van der Waals surface area (Å²) < 4.78 is 41.1. The second kappa shape index (κ2) is 10.7. The van der Waals surface area contributed by atoms with Crippen LogP contribution in [0.5, 0.6) is 0 Å². The molecule has 37 heavy (non-hydrogen) atoms. The molecule has 1 saturated heterocycles. The van der Waals surface area contributed by atoms with Crippen molar-refractivity contribution in [2.24, 2.45) is 0 Å². The highest BCUT2D eigenvalue weighted by Gasteiger charge is 2.37. The zero-order valence-corrected chi connectivity index (χ0v) is 22.2. The Morgan fingerprint density at radius 3 is 2.54 bits per heavy atom. The third kappa shape index (κ3) is 5.97. The lowest BCUT2D eigenvalue weighted by atomic mass is 9.92. The molecule has 1 aliphatic carbocycles. The van der Waals surface area contributed by atoms with Crippen LogP contribution in [0.3, 0.4) is 0 Å². The molecule has 2 fully saturated rings. The number of benzene rings is 2. The van der Waals surface area contributed by atoms with Crippen LogP contribution in [-0.2, 0) is 6.18 Å². The first kappa shape index (κ1) is 26.1. The molecule has 5 nitrogen and oxygen atoms in total. The molecule has 2 N–H and O–H groups in total. The molecule has 2 heterocycles. The molecule has 1 unspecified atom stereocenters. The van der Waals surface area contributed by atoms with Gasteiger partial charge in [-0.2, -0.15) is 13.2 Å². The first-order valence-corrected chi connectivity index (χ1v) is 13.8. The number of nitrogens with zero attached hydrogens (tertiary/aromatic N) is 1. The van der Waals surface area contributed by atoms with Gasteiger partial charge < -0.3 is 10.6 Å². The summed E-state index contributed by atoms with van der Waals surface area (Å²) in [4.78, 5) is 32.3. The molecule has 0 radical (unpaired) electrons. The van der Waals surface area contributed by atoms with Crippen LogP contribution in [0, 0.1) is 0 Å². The van der Waals surface area contributed by atoms with E-state index in [-0.39, 0.29) is 17.7 Å². The zero-order valence-electron chi connectivity index (χ0n) is 19.8. The maximum Gasteiger partial charge on any atom is 0.416 e. The highest BCUT2D eigenvalue weighted by Crippen LogP contribution is 2.45. The monoisotopic (exact) mass is 591 g/mol. The fraction of sp³-hybridized carbons (Fsp3) is 0.370. The van der Waals surface area contributed by atoms with E-state index < -0.39 is 29.5 Å². The lowest BCUT2D eigenvalue weighted by molar-refractivity contribution is -0.137. The van der Waals surface area contributed by atoms with Crippen molar-refractivity contribution in [3.63, 3.8) is 0 Å². The molecule has 1 amide bonds. The van der Waals surface area contributed by atoms with E-state index in [1.165, 1.54) is 17.4 Å². The number of hydrogen-bond donors (Lipinski definition) is 2. The number of thiazole rings is 1. The molecule has 0 spiro atoms. The Morgan fingerprint density at radius 1 is 1.08 bits per heavy atom. The number of halogens is 4. The second-order valence-corrected chi connectivity index (χ2v) is 11.4. The van der Waals surface area contributed by atoms with Crippen molar-refractivity contribution in [2.75, 3.05) is 6.54 Å². The summed E-state index contributed by atoms with van der Waals surface area (Å²) in [6.45, 7) is 0.714. The summed E-state index contributed by atoms with van der Waals surface area (Å²) in [6, 6.07) is 10.7. The molecular formula is C27H25BrF3N3O2S. The Bertz CT molecular complexity index is 1320. The average Bonchev–Trinajstić information content (AvgIpc) is 3.65. The number of amides is 1. The topological polar surface area (TPSA) is 71.1 Å². The SMILES string of the molecule is O=C(N[C@H](C(=O)c1nc(C2CC2)sc1-c1cccc(C(F)(F)F)c1)C1CCCCN1)c1cccc(Br)c1. The van der Waals surface area contributed by atoms with Gasteiger partial charge in [0.15, 0.2) is 0 Å². The van der Waals surface area contributed by atoms with E-state index in [9.17, 15) is 22.8 Å². The van der Waals surface area contributed by atoms with E-state index in [2.05, 4.69) is 31.5 Å². The summed E-state index contributed by atoms with van der Waals surface area (Å²) in [7, 11) is 0. The Labute approximate surface area is 225 Å². The molecule has 1 aromatic heterocycles. The van der Waals surface area contributed by atoms with Crippen LogP contribution in [0.15, 0.2) is 53.0 Å². The van der Waals surface area contributed by atoms with Gasteiger partial charge in [0.1, 0.15) is 11.7 Å². The number of piperidine rings is 1. The average molecular weight is 592 g/mol. The van der Waals surface area contributed by atoms with Crippen LogP contribution in [0.25, 0.3) is 10.4 Å². The van der Waals surface area contributed by atoms with Gasteiger partial charge in [0, 0.05) is 22.0 Å². The highest BCUT2D eigenvalue weighted by atomic mass is 79.9. The van der Waals surface area contributed by atoms with Gasteiger partial charge in [-0.3, -0.25) is 9.59 Å². The molecule has 10 heteroatoms. The van der Waals surface area contributed by atoms with Crippen molar-refractivity contribution in [3.8, 4) is 10.4 Å². The van der Waals surface area contributed by atoms with Gasteiger partial charge in [0.05, 0.1) is 15.4 Å². The summed E-state index contributed by atoms with van der Waals surface area (Å²) in [6.07, 6.45) is -0.0642. The summed E-state index contributed by atoms with van der Waals surface area (Å²) in [5, 5.41) is 7.01. The smallest absolute Gasteiger partial charge is 0.340 e. The molecule has 194 valence electrons. The van der Waals surface area contributed by atoms with E-state index in [1.54, 1.807) is 30.3 Å². The van der Waals surface area contributed by atoms with Gasteiger partial charge >= 0.3 is 6.18 Å². The number of rotatable bonds is 7. The third-order valence-electron chi connectivity index (χ3n) is 6.66. The normalized spacial score (nSPS) is 18.9. The van der Waals surface area contributed by atoms with E-state index in [4.69, 9.17) is 0 Å². The van der Waals surface area contributed by atoms with Crippen LogP contribution in [0.2, 0.25) is 0 Å². The lowest BCUT2D eigenvalue weighted by Crippen LogP contribution is -2.55. The third-order valence-corrected chi connectivity index (χ3v) is 8.42. The molecule has 2 atom stereocenters. The van der Waals surface area contributed by atoms with Gasteiger partial charge in [-0.05, 0) is 68.1 Å². The van der Waals surface area contributed by atoms with Crippen molar-refractivity contribution >= 4 is 39.0 Å². The number of hydrogen-bond acceptors (Lipinski definition) is 5. The largest absolute Gasteiger partial charge is 0.416 e. The zero-order chi connectivity index (χ0) is 26.2. The number of alkyl halides is 3. The second-order valence-electron chi connectivity index (χ2n) is 9.46. The quantitative estimate of drug-likeness (QED) is 0.304. The maximum atomic E-state index is 14.1. The molecule has 2 aliphatic rings. The van der Waals surface area contributed by atoms with Crippen LogP contribution in [-0.4, -0.2) is 35.3 Å². The maximum absolute atomic E-state index is 14.1. The van der Waals surface area contributed by atoms with E-state index in [1.807, 2.05) is 0 Å². The molecule has 1 aliphatic heterocycles. The van der Waals surface area contributed by atoms with Gasteiger partial charge in [0.2, 0.25) is 5.78 Å². The van der Waals surface area contributed by atoms with Gasteiger partial charge in [-0.25, -0.2) is 4.98 Å². The number of carbonyl (C=O) groups is 2. The minimum absolute atomic E-state index is 0.123. The van der Waals surface area contributed by atoms with Crippen LogP contribution in [0.4, 0.5) is 13.2 Å². The first-order valence-electron chi connectivity index (χ1n) is 12.2. The fourth-order valence-corrected chi connectivity index (χ4v) is 6.19. The summed E-state index contributed by atoms with van der Waals surface area (Å²) in [5.74, 6) is -0.567. The van der Waals surface area contributed by atoms with Gasteiger partial charge in [0.25, 0.3) is 5.91 Å². The summed E-state index contributed by atoms with van der Waals surface area (Å²) in [5.41, 5.74) is 0.0469. The van der Waals surface area contributed by atoms with Gasteiger partial charge in [-0.1, -0.05) is 40.5 Å². The number of ketones is 1. The predicted molar refractivity (Wildman–Crippen MR) is 140 cm³/mol. The Morgan fingerprint density at radius 2 is 1.86 bits per heavy atom. The predicted octanol–water partition coefficient (Wildman–Crippen LogP) is 6.59. The first-order chi connectivity index (χ1) is 17.7. The Kier molecular flexibility index (Phi) is 7.51. The van der Waals surface area contributed by atoms with Crippen LogP contribution < -0.4 is 10.6 Å². The van der Waals surface area contributed by atoms with Crippen molar-refractivity contribution in [1.82, 2.24) is 15.6 Å². The van der Waals surface area contributed by atoms with Crippen LogP contribution >= 0.6 is 27.3 Å². The Hall–Kier alpha value is -2.56. The minimum Gasteiger partial charge on any atom is -0.340 e. The molecule has 2 aromatic carbocycles. The minimum atomic E-state index is -4.50. The molecule has 1 saturated carbocycles. The number of Topliss-reactive ketones (excluding diaryl/α,β-unsaturated/α-hetero) is 1. The van der Waals surface area contributed by atoms with E-state index >= 15 is 0 Å². The van der Waals surface area contributed by atoms with E-state index in [0.717, 1.165) is 47.3 Å². The number of carbonyl (C=O) groups excluding carboxylic acids is 2. The number of aromatic nitrogens is 1. The molecule has 5 rings (SSSR count). The van der Waals surface area contributed by atoms with E-state index in [0.29, 0.717) is 29.0 Å². The molecule has 3 aromatic rings. The lowest BCUT2D eigenvalue weighted by Gasteiger charge is -2.31.